The fraction of sp³-hybridized carbons (Fsp3) is 0.200. The molecule has 2 rings (SSSR count). The van der Waals surface area contributed by atoms with E-state index in [9.17, 15) is 13.2 Å². The van der Waals surface area contributed by atoms with E-state index in [2.05, 4.69) is 4.74 Å². The summed E-state index contributed by atoms with van der Waals surface area (Å²) in [4.78, 5) is 0.997. The van der Waals surface area contributed by atoms with E-state index in [4.69, 9.17) is 5.11 Å². The van der Waals surface area contributed by atoms with E-state index >= 15 is 0 Å². The number of benzene rings is 2. The van der Waals surface area contributed by atoms with Crippen LogP contribution in [-0.4, -0.2) is 11.5 Å². The first-order chi connectivity index (χ1) is 9.96. The summed E-state index contributed by atoms with van der Waals surface area (Å²) in [5.74, 6) is 0.403. The Morgan fingerprint density at radius 2 is 1.71 bits per heavy atom. The second-order valence-corrected chi connectivity index (χ2v) is 5.33. The van der Waals surface area contributed by atoms with Crippen LogP contribution in [0.15, 0.2) is 53.4 Å². The van der Waals surface area contributed by atoms with Crippen LogP contribution in [0.2, 0.25) is 0 Å². The lowest BCUT2D eigenvalue weighted by atomic mass is 10.2. The summed E-state index contributed by atoms with van der Waals surface area (Å²) in [6.07, 6.45) is -4.67. The zero-order chi connectivity index (χ0) is 15.3. The summed E-state index contributed by atoms with van der Waals surface area (Å²) >= 11 is 1.55. The molecule has 2 aromatic rings. The number of hydrogen-bond donors (Lipinski definition) is 1. The van der Waals surface area contributed by atoms with Crippen molar-refractivity contribution in [2.75, 3.05) is 0 Å². The summed E-state index contributed by atoms with van der Waals surface area (Å²) in [5, 5.41) is 9.06. The van der Waals surface area contributed by atoms with Gasteiger partial charge in [0.1, 0.15) is 5.75 Å². The van der Waals surface area contributed by atoms with Crippen LogP contribution in [0.1, 0.15) is 11.1 Å². The van der Waals surface area contributed by atoms with Crippen LogP contribution in [0, 0.1) is 0 Å². The Morgan fingerprint density at radius 3 is 2.33 bits per heavy atom. The predicted molar refractivity (Wildman–Crippen MR) is 75.1 cm³/mol. The van der Waals surface area contributed by atoms with Gasteiger partial charge in [-0.25, -0.2) is 0 Å². The van der Waals surface area contributed by atoms with Crippen LogP contribution in [0.3, 0.4) is 0 Å². The zero-order valence-electron chi connectivity index (χ0n) is 10.9. The molecule has 0 atom stereocenters. The molecule has 6 heteroatoms. The minimum absolute atomic E-state index is 0.0160. The number of alkyl halides is 3. The van der Waals surface area contributed by atoms with Gasteiger partial charge in [-0.3, -0.25) is 0 Å². The Bertz CT molecular complexity index is 582. The molecule has 0 amide bonds. The lowest BCUT2D eigenvalue weighted by molar-refractivity contribution is -0.274. The van der Waals surface area contributed by atoms with E-state index < -0.39 is 6.36 Å². The Hall–Kier alpha value is -1.66. The second-order valence-electron chi connectivity index (χ2n) is 4.29. The molecule has 21 heavy (non-hydrogen) atoms. The first kappa shape index (κ1) is 15.7. The van der Waals surface area contributed by atoms with Gasteiger partial charge in [0.15, 0.2) is 0 Å². The third-order valence-electron chi connectivity index (χ3n) is 2.64. The van der Waals surface area contributed by atoms with Gasteiger partial charge in [-0.15, -0.1) is 24.9 Å². The van der Waals surface area contributed by atoms with Crippen molar-refractivity contribution in [2.24, 2.45) is 0 Å². The van der Waals surface area contributed by atoms with Crippen molar-refractivity contribution in [3.63, 3.8) is 0 Å². The maximum atomic E-state index is 12.0. The third-order valence-corrected chi connectivity index (χ3v) is 3.71. The predicted octanol–water partition coefficient (Wildman–Crippen LogP) is 4.37. The number of halogens is 3. The van der Waals surface area contributed by atoms with Gasteiger partial charge in [0.05, 0.1) is 6.61 Å². The number of hydrogen-bond acceptors (Lipinski definition) is 3. The fourth-order valence-corrected chi connectivity index (χ4v) is 2.62. The van der Waals surface area contributed by atoms with Crippen LogP contribution < -0.4 is 4.74 Å². The Morgan fingerprint density at radius 1 is 1.00 bits per heavy atom. The van der Waals surface area contributed by atoms with Crippen molar-refractivity contribution in [3.8, 4) is 5.75 Å². The summed E-state index contributed by atoms with van der Waals surface area (Å²) < 4.78 is 39.9. The number of ether oxygens (including phenoxy) is 1. The molecule has 0 heterocycles. The molecule has 0 aliphatic carbocycles. The molecule has 112 valence electrons. The number of aliphatic hydroxyl groups excluding tert-OH is 1. The Kier molecular flexibility index (Phi) is 5.14. The molecule has 0 aromatic heterocycles. The van der Waals surface area contributed by atoms with Crippen LogP contribution in [0.4, 0.5) is 13.2 Å². The van der Waals surface area contributed by atoms with E-state index in [-0.39, 0.29) is 12.4 Å². The quantitative estimate of drug-likeness (QED) is 0.831. The maximum Gasteiger partial charge on any atom is 0.573 e. The number of rotatable bonds is 5. The zero-order valence-corrected chi connectivity index (χ0v) is 11.7. The number of aliphatic hydroxyl groups is 1. The van der Waals surface area contributed by atoms with Crippen LogP contribution in [-0.2, 0) is 12.4 Å². The molecule has 0 spiro atoms. The molecular weight excluding hydrogens is 301 g/mol. The van der Waals surface area contributed by atoms with Crippen molar-refractivity contribution in [1.82, 2.24) is 0 Å². The molecule has 0 radical (unpaired) electrons. The average molecular weight is 314 g/mol. The van der Waals surface area contributed by atoms with E-state index in [1.54, 1.807) is 23.9 Å². The topological polar surface area (TPSA) is 29.5 Å². The van der Waals surface area contributed by atoms with Gasteiger partial charge in [-0.2, -0.15) is 0 Å². The molecule has 0 unspecified atom stereocenters. The van der Waals surface area contributed by atoms with Gasteiger partial charge in [-0.1, -0.05) is 24.3 Å². The van der Waals surface area contributed by atoms with Gasteiger partial charge < -0.3 is 9.84 Å². The standard InChI is InChI=1S/C15H13F3O2S/c16-15(17,18)20-13-6-4-11(5-7-13)10-21-14-3-1-2-12(8-14)9-19/h1-8,19H,9-10H2. The van der Waals surface area contributed by atoms with Gasteiger partial charge in [0.25, 0.3) is 0 Å². The van der Waals surface area contributed by atoms with Crippen molar-refractivity contribution in [3.05, 3.63) is 59.7 Å². The molecule has 0 saturated carbocycles. The van der Waals surface area contributed by atoms with Crippen molar-refractivity contribution >= 4 is 11.8 Å². The highest BCUT2D eigenvalue weighted by atomic mass is 32.2. The van der Waals surface area contributed by atoms with E-state index in [0.717, 1.165) is 16.0 Å². The normalized spacial score (nSPS) is 11.4. The van der Waals surface area contributed by atoms with Gasteiger partial charge in [-0.05, 0) is 35.4 Å². The van der Waals surface area contributed by atoms with Crippen molar-refractivity contribution in [1.29, 1.82) is 0 Å². The SMILES string of the molecule is OCc1cccc(SCc2ccc(OC(F)(F)F)cc2)c1. The molecule has 0 bridgehead atoms. The first-order valence-electron chi connectivity index (χ1n) is 6.13. The summed E-state index contributed by atoms with van der Waals surface area (Å²) in [7, 11) is 0. The van der Waals surface area contributed by atoms with Crippen molar-refractivity contribution in [2.45, 2.75) is 23.6 Å². The average Bonchev–Trinajstić information content (AvgIpc) is 2.45. The van der Waals surface area contributed by atoms with E-state index in [1.807, 2.05) is 24.3 Å². The molecule has 2 nitrogen and oxygen atoms in total. The maximum absolute atomic E-state index is 12.0. The van der Waals surface area contributed by atoms with Crippen LogP contribution >= 0.6 is 11.8 Å². The van der Waals surface area contributed by atoms with Gasteiger partial charge >= 0.3 is 6.36 Å². The number of thioether (sulfide) groups is 1. The Balaban J connectivity index is 1.94. The lowest BCUT2D eigenvalue weighted by Crippen LogP contribution is -2.16. The van der Waals surface area contributed by atoms with Gasteiger partial charge in [0, 0.05) is 10.6 Å². The summed E-state index contributed by atoms with van der Waals surface area (Å²) in [6.45, 7) is -0.0160. The van der Waals surface area contributed by atoms with Crippen molar-refractivity contribution < 1.29 is 23.0 Å². The second kappa shape index (κ2) is 6.87. The lowest BCUT2D eigenvalue weighted by Gasteiger charge is -2.09. The van der Waals surface area contributed by atoms with Crippen LogP contribution in [0.5, 0.6) is 5.75 Å². The minimum Gasteiger partial charge on any atom is -0.406 e. The fourth-order valence-electron chi connectivity index (χ4n) is 1.69. The highest BCUT2D eigenvalue weighted by Crippen LogP contribution is 2.26. The summed E-state index contributed by atoms with van der Waals surface area (Å²) in [5.41, 5.74) is 1.72. The molecule has 0 saturated heterocycles. The summed E-state index contributed by atoms with van der Waals surface area (Å²) in [6, 6.07) is 13.3. The minimum atomic E-state index is -4.67. The monoisotopic (exact) mass is 314 g/mol. The molecule has 0 aliphatic heterocycles. The molecule has 1 N–H and O–H groups in total. The molecular formula is C15H13F3O2S. The van der Waals surface area contributed by atoms with E-state index in [1.165, 1.54) is 12.1 Å². The highest BCUT2D eigenvalue weighted by molar-refractivity contribution is 7.98. The van der Waals surface area contributed by atoms with E-state index in [0.29, 0.717) is 5.75 Å². The highest BCUT2D eigenvalue weighted by Gasteiger charge is 2.30. The third kappa shape index (κ3) is 5.32. The molecule has 0 aliphatic rings. The Labute approximate surface area is 124 Å². The van der Waals surface area contributed by atoms with Gasteiger partial charge in [0.2, 0.25) is 0 Å². The molecule has 0 fully saturated rings. The smallest absolute Gasteiger partial charge is 0.406 e. The first-order valence-corrected chi connectivity index (χ1v) is 7.12. The largest absolute Gasteiger partial charge is 0.573 e. The van der Waals surface area contributed by atoms with Crippen LogP contribution in [0.25, 0.3) is 0 Å². The molecule has 2 aromatic carbocycles.